The zero-order chi connectivity index (χ0) is 8.06. The second kappa shape index (κ2) is 2.22. The number of hydrogen-bond donors (Lipinski definition) is 1. The van der Waals surface area contributed by atoms with Gasteiger partial charge in [0.2, 0.25) is 0 Å². The Labute approximate surface area is 74.1 Å². The van der Waals surface area contributed by atoms with E-state index in [0.29, 0.717) is 11.8 Å². The molecule has 0 radical (unpaired) electrons. The van der Waals surface area contributed by atoms with E-state index in [1.165, 1.54) is 12.8 Å². The predicted octanol–water partition coefficient (Wildman–Crippen LogP) is 2.02. The first kappa shape index (κ1) is 7.59. The van der Waals surface area contributed by atoms with Gasteiger partial charge >= 0.3 is 5.97 Å². The van der Waals surface area contributed by atoms with E-state index in [2.05, 4.69) is 15.9 Å². The van der Waals surface area contributed by atoms with E-state index in [4.69, 9.17) is 5.11 Å². The Hall–Kier alpha value is -0.0500. The van der Waals surface area contributed by atoms with Crippen LogP contribution in [0.1, 0.15) is 25.7 Å². The molecular weight excluding hydrogens is 208 g/mol. The van der Waals surface area contributed by atoms with Crippen molar-refractivity contribution in [3.63, 3.8) is 0 Å². The molecule has 2 nitrogen and oxygen atoms in total. The van der Waals surface area contributed by atoms with Crippen LogP contribution in [0, 0.1) is 11.8 Å². The van der Waals surface area contributed by atoms with Gasteiger partial charge in [-0.1, -0.05) is 28.8 Å². The van der Waals surface area contributed by atoms with Crippen LogP contribution in [-0.2, 0) is 4.79 Å². The van der Waals surface area contributed by atoms with Gasteiger partial charge in [0.1, 0.15) is 4.32 Å². The van der Waals surface area contributed by atoms with E-state index in [9.17, 15) is 4.79 Å². The standard InChI is InChI=1S/C8H11BrO2/c9-8(7(10)11)5-3-1-2-4-6(5)8/h5-6H,1-4H2,(H,10,11)/t5-,6+,8?. The second-order valence-electron chi connectivity index (χ2n) is 3.57. The number of hydrogen-bond acceptors (Lipinski definition) is 1. The molecule has 0 aromatic heterocycles. The number of aliphatic carboxylic acids is 1. The lowest BCUT2D eigenvalue weighted by atomic mass is 10.0. The normalized spacial score (nSPS) is 48.1. The molecule has 0 aliphatic heterocycles. The quantitative estimate of drug-likeness (QED) is 0.685. The van der Waals surface area contributed by atoms with Crippen LogP contribution in [-0.4, -0.2) is 15.4 Å². The molecule has 62 valence electrons. The summed E-state index contributed by atoms with van der Waals surface area (Å²) in [5.41, 5.74) is 0. The van der Waals surface area contributed by atoms with Crippen LogP contribution in [0.5, 0.6) is 0 Å². The highest BCUT2D eigenvalue weighted by atomic mass is 79.9. The van der Waals surface area contributed by atoms with Crippen molar-refractivity contribution in [1.82, 2.24) is 0 Å². The molecule has 0 aromatic carbocycles. The molecular formula is C8H11BrO2. The molecule has 3 atom stereocenters. The summed E-state index contributed by atoms with van der Waals surface area (Å²) in [5, 5.41) is 8.90. The maximum atomic E-state index is 10.8. The number of fused-ring (bicyclic) bond motifs is 1. The van der Waals surface area contributed by atoms with Gasteiger partial charge in [-0.25, -0.2) is 0 Å². The van der Waals surface area contributed by atoms with Gasteiger partial charge in [0.15, 0.2) is 0 Å². The molecule has 2 saturated carbocycles. The first-order valence-electron chi connectivity index (χ1n) is 4.09. The van der Waals surface area contributed by atoms with Crippen LogP contribution in [0.3, 0.4) is 0 Å². The summed E-state index contributed by atoms with van der Waals surface area (Å²) in [6, 6.07) is 0. The fourth-order valence-electron chi connectivity index (χ4n) is 2.37. The van der Waals surface area contributed by atoms with E-state index in [1.54, 1.807) is 0 Å². The van der Waals surface area contributed by atoms with E-state index < -0.39 is 10.3 Å². The molecule has 0 saturated heterocycles. The van der Waals surface area contributed by atoms with Crippen LogP contribution >= 0.6 is 15.9 Å². The molecule has 1 unspecified atom stereocenters. The van der Waals surface area contributed by atoms with Gasteiger partial charge in [-0.15, -0.1) is 0 Å². The SMILES string of the molecule is O=C(O)C1(Br)[C@@H]2CCCC[C@@H]21. The number of halogens is 1. The molecule has 11 heavy (non-hydrogen) atoms. The molecule has 0 spiro atoms. The maximum Gasteiger partial charge on any atom is 0.321 e. The third-order valence-electron chi connectivity index (χ3n) is 3.06. The summed E-state index contributed by atoms with van der Waals surface area (Å²) < 4.78 is -0.524. The van der Waals surface area contributed by atoms with Crippen LogP contribution in [0.15, 0.2) is 0 Å². The summed E-state index contributed by atoms with van der Waals surface area (Å²) in [7, 11) is 0. The Morgan fingerprint density at radius 2 is 1.82 bits per heavy atom. The van der Waals surface area contributed by atoms with Crippen molar-refractivity contribution in [2.24, 2.45) is 11.8 Å². The third kappa shape index (κ3) is 0.866. The first-order valence-corrected chi connectivity index (χ1v) is 4.89. The molecule has 3 heteroatoms. The van der Waals surface area contributed by atoms with Crippen LogP contribution < -0.4 is 0 Å². The molecule has 1 N–H and O–H groups in total. The molecule has 0 heterocycles. The Morgan fingerprint density at radius 1 is 1.36 bits per heavy atom. The summed E-state index contributed by atoms with van der Waals surface area (Å²) in [4.78, 5) is 10.8. The van der Waals surface area contributed by atoms with Gasteiger partial charge in [-0.2, -0.15) is 0 Å². The second-order valence-corrected chi connectivity index (χ2v) is 4.88. The molecule has 0 amide bonds. The van der Waals surface area contributed by atoms with E-state index in [0.717, 1.165) is 12.8 Å². The van der Waals surface area contributed by atoms with Gasteiger partial charge in [0.05, 0.1) is 0 Å². The first-order chi connectivity index (χ1) is 5.17. The minimum absolute atomic E-state index is 0.425. The molecule has 0 bridgehead atoms. The van der Waals surface area contributed by atoms with Crippen LogP contribution in [0.4, 0.5) is 0 Å². The lowest BCUT2D eigenvalue weighted by Gasteiger charge is -2.04. The fourth-order valence-corrected chi connectivity index (χ4v) is 3.33. The van der Waals surface area contributed by atoms with Crippen molar-refractivity contribution >= 4 is 21.9 Å². The van der Waals surface area contributed by atoms with Gasteiger partial charge in [0, 0.05) is 0 Å². The van der Waals surface area contributed by atoms with E-state index in [-0.39, 0.29) is 0 Å². The third-order valence-corrected chi connectivity index (χ3v) is 4.58. The highest BCUT2D eigenvalue weighted by Crippen LogP contribution is 2.63. The number of alkyl halides is 1. The number of carboxylic acids is 1. The molecule has 2 rings (SSSR count). The zero-order valence-corrected chi connectivity index (χ0v) is 7.80. The average molecular weight is 219 g/mol. The van der Waals surface area contributed by atoms with Crippen LogP contribution in [0.2, 0.25) is 0 Å². The van der Waals surface area contributed by atoms with Crippen molar-refractivity contribution in [3.8, 4) is 0 Å². The van der Waals surface area contributed by atoms with Gasteiger partial charge in [0.25, 0.3) is 0 Å². The summed E-state index contributed by atoms with van der Waals surface area (Å²) in [6.07, 6.45) is 4.62. The monoisotopic (exact) mass is 218 g/mol. The van der Waals surface area contributed by atoms with Crippen molar-refractivity contribution < 1.29 is 9.90 Å². The summed E-state index contributed by atoms with van der Waals surface area (Å²) in [5.74, 6) is 0.192. The van der Waals surface area contributed by atoms with Crippen molar-refractivity contribution in [2.75, 3.05) is 0 Å². The van der Waals surface area contributed by atoms with E-state index >= 15 is 0 Å². The Balaban J connectivity index is 2.14. The Bertz CT molecular complexity index is 190. The maximum absolute atomic E-state index is 10.8. The average Bonchev–Trinajstić information content (AvgIpc) is 2.61. The van der Waals surface area contributed by atoms with Crippen molar-refractivity contribution in [3.05, 3.63) is 0 Å². The summed E-state index contributed by atoms with van der Waals surface area (Å²) in [6.45, 7) is 0. The fraction of sp³-hybridized carbons (Fsp3) is 0.875. The van der Waals surface area contributed by atoms with Gasteiger partial charge in [-0.3, -0.25) is 4.79 Å². The van der Waals surface area contributed by atoms with Crippen molar-refractivity contribution in [2.45, 2.75) is 30.0 Å². The Kier molecular flexibility index (Phi) is 1.53. The lowest BCUT2D eigenvalue weighted by molar-refractivity contribution is -0.137. The zero-order valence-electron chi connectivity index (χ0n) is 6.22. The highest BCUT2D eigenvalue weighted by molar-refractivity contribution is 9.10. The number of carboxylic acid groups (broad SMARTS) is 1. The minimum Gasteiger partial charge on any atom is -0.480 e. The highest BCUT2D eigenvalue weighted by Gasteiger charge is 2.68. The van der Waals surface area contributed by atoms with Crippen molar-refractivity contribution in [1.29, 1.82) is 0 Å². The molecule has 2 fully saturated rings. The predicted molar refractivity (Wildman–Crippen MR) is 44.7 cm³/mol. The van der Waals surface area contributed by atoms with Gasteiger partial charge in [-0.05, 0) is 24.7 Å². The molecule has 0 aromatic rings. The summed E-state index contributed by atoms with van der Waals surface area (Å²) >= 11 is 3.35. The number of rotatable bonds is 1. The van der Waals surface area contributed by atoms with Crippen LogP contribution in [0.25, 0.3) is 0 Å². The number of carbonyl (C=O) groups is 1. The van der Waals surface area contributed by atoms with Gasteiger partial charge < -0.3 is 5.11 Å². The topological polar surface area (TPSA) is 37.3 Å². The lowest BCUT2D eigenvalue weighted by Crippen LogP contribution is -2.17. The smallest absolute Gasteiger partial charge is 0.321 e. The molecule has 2 aliphatic carbocycles. The Morgan fingerprint density at radius 3 is 2.18 bits per heavy atom. The van der Waals surface area contributed by atoms with E-state index in [1.807, 2.05) is 0 Å². The minimum atomic E-state index is -0.658. The largest absolute Gasteiger partial charge is 0.480 e. The molecule has 2 aliphatic rings.